The molecule has 2 aromatic heterocycles. The number of nitrogens with two attached hydrogens (primary N) is 1. The summed E-state index contributed by atoms with van der Waals surface area (Å²) in [4.78, 5) is 23.8. The third-order valence-electron chi connectivity index (χ3n) is 10.2. The van der Waals surface area contributed by atoms with E-state index in [4.69, 9.17) is 10.5 Å². The number of nitriles is 1. The van der Waals surface area contributed by atoms with Crippen molar-refractivity contribution in [3.63, 3.8) is 0 Å². The minimum Gasteiger partial charge on any atom is -0.467 e. The molecule has 0 radical (unpaired) electrons. The Labute approximate surface area is 307 Å². The van der Waals surface area contributed by atoms with Crippen molar-refractivity contribution in [2.75, 3.05) is 50.9 Å². The molecule has 4 aliphatic rings. The topological polar surface area (TPSA) is 120 Å². The number of likely N-dealkylation sites (tertiary alicyclic amines) is 1. The lowest BCUT2D eigenvalue weighted by Gasteiger charge is -2.18. The van der Waals surface area contributed by atoms with Crippen LogP contribution in [0.4, 0.5) is 37.2 Å². The number of alkyl halides is 4. The van der Waals surface area contributed by atoms with Crippen molar-refractivity contribution in [1.29, 1.82) is 5.26 Å². The van der Waals surface area contributed by atoms with Gasteiger partial charge in [0.1, 0.15) is 34.4 Å². The van der Waals surface area contributed by atoms with E-state index in [0.717, 1.165) is 50.7 Å². The predicted molar refractivity (Wildman–Crippen MR) is 192 cm³/mol. The summed E-state index contributed by atoms with van der Waals surface area (Å²) in [5.41, 5.74) is 2.59. The minimum atomic E-state index is -5.00. The van der Waals surface area contributed by atoms with Gasteiger partial charge in [0.15, 0.2) is 5.82 Å². The SMILES string of the molecule is CC1CC1C(=O)N1CCCC1.CCNc1nc(OC)nc2c(F)c(-c3ccc(F)c4sc(N)c(C#N)c34)c(C(F)(F)F)cc12.FC1CC2CCCN2C1. The molecule has 4 fully saturated rings. The van der Waals surface area contributed by atoms with Crippen LogP contribution in [-0.4, -0.2) is 77.7 Å². The molecule has 0 spiro atoms. The molecule has 2 aromatic carbocycles. The van der Waals surface area contributed by atoms with Crippen LogP contribution in [-0.2, 0) is 11.0 Å². The fourth-order valence-electron chi connectivity index (χ4n) is 7.46. The van der Waals surface area contributed by atoms with Gasteiger partial charge in [-0.25, -0.2) is 13.2 Å². The number of carbonyl (C=O) groups excluding carboxylic acids is 1. The molecule has 1 amide bonds. The van der Waals surface area contributed by atoms with Crippen molar-refractivity contribution in [3.05, 3.63) is 41.0 Å². The number of rotatable bonds is 5. The van der Waals surface area contributed by atoms with Crippen molar-refractivity contribution in [1.82, 2.24) is 19.8 Å². The van der Waals surface area contributed by atoms with E-state index in [1.54, 1.807) is 13.0 Å². The Hall–Kier alpha value is -4.36. The van der Waals surface area contributed by atoms with E-state index in [1.807, 2.05) is 4.90 Å². The highest BCUT2D eigenvalue weighted by atomic mass is 32.1. The number of hydrogen-bond donors (Lipinski definition) is 2. The zero-order valence-corrected chi connectivity index (χ0v) is 30.4. The Morgan fingerprint density at radius 3 is 2.47 bits per heavy atom. The number of thiophene rings is 1. The van der Waals surface area contributed by atoms with Crippen LogP contribution in [0.3, 0.4) is 0 Å². The van der Waals surface area contributed by atoms with Crippen LogP contribution in [0, 0.1) is 34.8 Å². The maximum atomic E-state index is 15.9. The number of benzene rings is 2. The van der Waals surface area contributed by atoms with E-state index in [0.29, 0.717) is 41.7 Å². The molecule has 16 heteroatoms. The van der Waals surface area contributed by atoms with Gasteiger partial charge in [0.2, 0.25) is 5.91 Å². The third-order valence-corrected chi connectivity index (χ3v) is 11.3. The van der Waals surface area contributed by atoms with Crippen molar-refractivity contribution >= 4 is 49.1 Å². The average molecular weight is 762 g/mol. The summed E-state index contributed by atoms with van der Waals surface area (Å²) >= 11 is 0.698. The normalized spacial score (nSPS) is 22.2. The Bertz CT molecular complexity index is 2030. The summed E-state index contributed by atoms with van der Waals surface area (Å²) in [5.74, 6) is -0.662. The molecular formula is C37H41F6N7O2S. The second-order valence-electron chi connectivity index (χ2n) is 13.8. The number of aromatic nitrogens is 2. The Kier molecular flexibility index (Phi) is 11.3. The van der Waals surface area contributed by atoms with Crippen molar-refractivity contribution in [2.24, 2.45) is 11.8 Å². The van der Waals surface area contributed by atoms with Gasteiger partial charge in [-0.3, -0.25) is 9.69 Å². The minimum absolute atomic E-state index is 0.0444. The van der Waals surface area contributed by atoms with E-state index in [1.165, 1.54) is 32.8 Å². The molecule has 53 heavy (non-hydrogen) atoms. The molecule has 3 N–H and O–H groups in total. The first kappa shape index (κ1) is 38.4. The zero-order chi connectivity index (χ0) is 38.2. The van der Waals surface area contributed by atoms with Crippen molar-refractivity contribution in [3.8, 4) is 23.2 Å². The standard InChI is InChI=1S/C21H14F5N5OS.C9H15NO.C7H12FN/c1-3-29-19-9-6-11(21(24,25)26)14(15(23)16(9)30-20(31-19)32-2)8-4-5-12(22)17-13(8)10(7-27)18(28)33-17;1-7-6-8(7)9(11)10-4-2-3-5-10;8-6-4-7-2-1-3-9(7)5-6/h4-6H,3,28H2,1-2H3,(H,29,30,31);7-8H,2-6H2,1H3;6-7H,1-5H2. The van der Waals surface area contributed by atoms with E-state index in [2.05, 4.69) is 27.1 Å². The number of carbonyl (C=O) groups is 1. The van der Waals surface area contributed by atoms with Gasteiger partial charge in [-0.15, -0.1) is 11.3 Å². The van der Waals surface area contributed by atoms with Crippen LogP contribution in [0.1, 0.15) is 63.5 Å². The Balaban J connectivity index is 0.000000192. The number of halogens is 6. The molecule has 3 aliphatic heterocycles. The lowest BCUT2D eigenvalue weighted by Crippen LogP contribution is -2.29. The van der Waals surface area contributed by atoms with Crippen LogP contribution in [0.5, 0.6) is 6.01 Å². The Morgan fingerprint density at radius 1 is 1.15 bits per heavy atom. The summed E-state index contributed by atoms with van der Waals surface area (Å²) in [6, 6.07) is 4.75. The number of methoxy groups -OCH3 is 1. The molecule has 5 heterocycles. The Morgan fingerprint density at radius 2 is 1.87 bits per heavy atom. The third kappa shape index (κ3) is 7.82. The number of nitrogens with one attached hydrogen (secondary N) is 1. The molecule has 4 aromatic rings. The first-order valence-electron chi connectivity index (χ1n) is 17.7. The summed E-state index contributed by atoms with van der Waals surface area (Å²) in [5, 5.41) is 11.8. The fourth-order valence-corrected chi connectivity index (χ4v) is 8.41. The molecule has 4 unspecified atom stereocenters. The van der Waals surface area contributed by atoms with Crippen molar-refractivity contribution < 1.29 is 35.9 Å². The number of anilines is 2. The van der Waals surface area contributed by atoms with Crippen LogP contribution in [0.15, 0.2) is 18.2 Å². The van der Waals surface area contributed by atoms with Crippen LogP contribution < -0.4 is 15.8 Å². The highest BCUT2D eigenvalue weighted by Gasteiger charge is 2.42. The number of nitrogen functional groups attached to an aromatic ring is 1. The lowest BCUT2D eigenvalue weighted by atomic mass is 9.92. The number of nitrogens with zero attached hydrogens (tertiary/aromatic N) is 5. The maximum absolute atomic E-state index is 15.9. The summed E-state index contributed by atoms with van der Waals surface area (Å²) in [6.07, 6.45) is 1.38. The highest BCUT2D eigenvalue weighted by Crippen LogP contribution is 2.48. The molecule has 8 rings (SSSR count). The van der Waals surface area contributed by atoms with Gasteiger partial charge in [-0.05, 0) is 75.6 Å². The maximum Gasteiger partial charge on any atom is 0.417 e. The molecule has 4 atom stereocenters. The molecule has 0 bridgehead atoms. The van der Waals surface area contributed by atoms with Gasteiger partial charge >= 0.3 is 12.2 Å². The predicted octanol–water partition coefficient (Wildman–Crippen LogP) is 8.16. The largest absolute Gasteiger partial charge is 0.467 e. The lowest BCUT2D eigenvalue weighted by molar-refractivity contribution is -0.137. The molecular weight excluding hydrogens is 721 g/mol. The number of amides is 1. The highest BCUT2D eigenvalue weighted by molar-refractivity contribution is 7.23. The van der Waals surface area contributed by atoms with E-state index >= 15 is 4.39 Å². The molecule has 284 valence electrons. The second-order valence-corrected chi connectivity index (χ2v) is 14.9. The quantitative estimate of drug-likeness (QED) is 0.196. The zero-order valence-electron chi connectivity index (χ0n) is 29.6. The second kappa shape index (κ2) is 15.5. The van der Waals surface area contributed by atoms with Gasteiger partial charge in [-0.1, -0.05) is 13.0 Å². The summed E-state index contributed by atoms with van der Waals surface area (Å²) in [7, 11) is 1.23. The monoisotopic (exact) mass is 761 g/mol. The molecule has 1 aliphatic carbocycles. The van der Waals surface area contributed by atoms with Crippen LogP contribution in [0.2, 0.25) is 0 Å². The number of fused-ring (bicyclic) bond motifs is 3. The molecule has 9 nitrogen and oxygen atoms in total. The fraction of sp³-hybridized carbons (Fsp3) is 0.514. The number of hydrogen-bond acceptors (Lipinski definition) is 9. The average Bonchev–Trinajstić information content (AvgIpc) is 3.59. The van der Waals surface area contributed by atoms with Gasteiger partial charge in [0, 0.05) is 54.5 Å². The van der Waals surface area contributed by atoms with Gasteiger partial charge < -0.3 is 20.7 Å². The summed E-state index contributed by atoms with van der Waals surface area (Å²) in [6.45, 7) is 8.03. The van der Waals surface area contributed by atoms with E-state index in [-0.39, 0.29) is 50.0 Å². The first-order valence-corrected chi connectivity index (χ1v) is 18.6. The van der Waals surface area contributed by atoms with Crippen molar-refractivity contribution in [2.45, 2.75) is 70.8 Å². The van der Waals surface area contributed by atoms with Gasteiger partial charge in [0.05, 0.1) is 22.9 Å². The van der Waals surface area contributed by atoms with Crippen LogP contribution >= 0.6 is 11.3 Å². The van der Waals surface area contributed by atoms with Gasteiger partial charge in [-0.2, -0.15) is 28.4 Å². The molecule has 1 saturated carbocycles. The molecule has 3 saturated heterocycles. The smallest absolute Gasteiger partial charge is 0.417 e. The van der Waals surface area contributed by atoms with E-state index < -0.39 is 40.6 Å². The van der Waals surface area contributed by atoms with Gasteiger partial charge in [0.25, 0.3) is 0 Å². The van der Waals surface area contributed by atoms with Crippen LogP contribution in [0.25, 0.3) is 32.1 Å². The van der Waals surface area contributed by atoms with E-state index in [9.17, 15) is 32.0 Å². The number of ether oxygens (including phenoxy) is 1. The first-order chi connectivity index (χ1) is 25.3. The summed E-state index contributed by atoms with van der Waals surface area (Å²) < 4.78 is 90.2.